The lowest BCUT2D eigenvalue weighted by atomic mass is 10.6. The summed E-state index contributed by atoms with van der Waals surface area (Å²) in [4.78, 5) is -0.194. The van der Waals surface area contributed by atoms with Crippen LogP contribution in [0.5, 0.6) is 0 Å². The Bertz CT molecular complexity index is 136. The third kappa shape index (κ3) is 7.82. The second-order valence-corrected chi connectivity index (χ2v) is 9.62. The molecule has 0 N–H and O–H groups in total. The molecule has 0 aromatic rings. The summed E-state index contributed by atoms with van der Waals surface area (Å²) in [5.41, 5.74) is 0. The van der Waals surface area contributed by atoms with Crippen molar-refractivity contribution in [2.24, 2.45) is 0 Å². The van der Waals surface area contributed by atoms with Crippen molar-refractivity contribution in [3.8, 4) is 0 Å². The topological polar surface area (TPSA) is 0 Å². The van der Waals surface area contributed by atoms with Crippen molar-refractivity contribution in [3.63, 3.8) is 0 Å². The molecule has 15 heavy (non-hydrogen) atoms. The highest BCUT2D eigenvalue weighted by Crippen LogP contribution is 2.36. The van der Waals surface area contributed by atoms with Crippen molar-refractivity contribution < 1.29 is 0 Å². The first-order chi connectivity index (χ1) is 7.30. The maximum absolute atomic E-state index is 5.68. The van der Waals surface area contributed by atoms with E-state index in [4.69, 9.17) is 23.2 Å². The molecule has 2 aliphatic rings. The minimum Gasteiger partial charge on any atom is -0.151 e. The monoisotopic (exact) mass is 322 g/mol. The Labute approximate surface area is 120 Å². The number of hydrogen-bond acceptors (Lipinski definition) is 4. The van der Waals surface area contributed by atoms with Crippen LogP contribution in [0.25, 0.3) is 0 Å². The zero-order chi connectivity index (χ0) is 10.9. The second-order valence-electron chi connectivity index (χ2n) is 3.09. The van der Waals surface area contributed by atoms with Gasteiger partial charge in [0.15, 0.2) is 0 Å². The summed E-state index contributed by atoms with van der Waals surface area (Å²) in [5, 5.41) is 1.33. The molecular weight excluding hydrogens is 307 g/mol. The number of alkyl halides is 2. The molecule has 0 bridgehead atoms. The molecule has 2 fully saturated rings. The Morgan fingerprint density at radius 2 is 1.40 bits per heavy atom. The van der Waals surface area contributed by atoms with Crippen LogP contribution in [0, 0.1) is 0 Å². The quantitative estimate of drug-likeness (QED) is 0.635. The van der Waals surface area contributed by atoms with Crippen LogP contribution in [0.3, 0.4) is 0 Å². The molecule has 0 amide bonds. The lowest BCUT2D eigenvalue weighted by Crippen LogP contribution is -2.13. The first kappa shape index (κ1) is 15.0. The van der Waals surface area contributed by atoms with Gasteiger partial charge in [-0.3, -0.25) is 0 Å². The van der Waals surface area contributed by atoms with Crippen molar-refractivity contribution in [1.82, 2.24) is 0 Å². The molecule has 2 aliphatic heterocycles. The minimum atomic E-state index is -0.194. The molecular formula is C9H16Cl2S4. The van der Waals surface area contributed by atoms with E-state index in [1.54, 1.807) is 0 Å². The summed E-state index contributed by atoms with van der Waals surface area (Å²) >= 11 is 19.2. The predicted octanol–water partition coefficient (Wildman–Crippen LogP) is 4.80. The fourth-order valence-electron chi connectivity index (χ4n) is 1.09. The molecule has 2 rings (SSSR count). The van der Waals surface area contributed by atoms with Crippen molar-refractivity contribution in [3.05, 3.63) is 0 Å². The van der Waals surface area contributed by atoms with Gasteiger partial charge in [0.05, 0.1) is 4.58 Å². The van der Waals surface area contributed by atoms with Crippen molar-refractivity contribution >= 4 is 70.2 Å². The molecule has 0 nitrogen and oxygen atoms in total. The molecule has 0 aromatic heterocycles. The molecule has 0 spiro atoms. The zero-order valence-electron chi connectivity index (χ0n) is 8.49. The molecule has 2 saturated heterocycles. The largest absolute Gasteiger partial charge is 0.151 e. The van der Waals surface area contributed by atoms with Gasteiger partial charge in [-0.1, -0.05) is 0 Å². The summed E-state index contributed by atoms with van der Waals surface area (Å²) in [6, 6.07) is 0. The number of thioether (sulfide) groups is 4. The van der Waals surface area contributed by atoms with Crippen LogP contribution >= 0.6 is 70.2 Å². The summed E-state index contributed by atoms with van der Waals surface area (Å²) in [5.74, 6) is 5.22. The van der Waals surface area contributed by atoms with E-state index < -0.39 is 0 Å². The van der Waals surface area contributed by atoms with E-state index in [0.717, 1.165) is 0 Å². The predicted molar refractivity (Wildman–Crippen MR) is 83.2 cm³/mol. The van der Waals surface area contributed by atoms with Gasteiger partial charge < -0.3 is 0 Å². The molecule has 0 saturated carbocycles. The second kappa shape index (κ2) is 9.95. The van der Waals surface area contributed by atoms with Crippen molar-refractivity contribution in [2.75, 3.05) is 28.1 Å². The third-order valence-electron chi connectivity index (χ3n) is 1.80. The fraction of sp³-hybridized carbons (Fsp3) is 1.00. The van der Waals surface area contributed by atoms with Gasteiger partial charge in [0.2, 0.25) is 0 Å². The Hall–Kier alpha value is 1.98. The highest BCUT2D eigenvalue weighted by atomic mass is 35.5. The van der Waals surface area contributed by atoms with E-state index >= 15 is 0 Å². The van der Waals surface area contributed by atoms with E-state index in [9.17, 15) is 0 Å². The fourth-order valence-corrected chi connectivity index (χ4v) is 6.78. The highest BCUT2D eigenvalue weighted by molar-refractivity contribution is 8.17. The SMILES string of the molecule is C1CSCSC1.ClC(Cl)C1SCCCS1. The van der Waals surface area contributed by atoms with Crippen LogP contribution in [0.1, 0.15) is 12.8 Å². The molecule has 90 valence electrons. The highest BCUT2D eigenvalue weighted by Gasteiger charge is 2.20. The summed E-state index contributed by atoms with van der Waals surface area (Å²) in [6.07, 6.45) is 2.72. The van der Waals surface area contributed by atoms with Gasteiger partial charge in [-0.15, -0.1) is 46.7 Å². The Kier molecular flexibility index (Phi) is 9.98. The summed E-state index contributed by atoms with van der Waals surface area (Å²) in [7, 11) is 0. The van der Waals surface area contributed by atoms with Gasteiger partial charge >= 0.3 is 0 Å². The first-order valence-electron chi connectivity index (χ1n) is 4.97. The van der Waals surface area contributed by atoms with Crippen LogP contribution in [-0.2, 0) is 0 Å². The van der Waals surface area contributed by atoms with Gasteiger partial charge in [0.1, 0.15) is 4.84 Å². The van der Waals surface area contributed by atoms with E-state index in [1.807, 2.05) is 23.5 Å². The first-order valence-corrected chi connectivity index (χ1v) is 10.3. The Morgan fingerprint density at radius 1 is 0.867 bits per heavy atom. The van der Waals surface area contributed by atoms with Gasteiger partial charge in [-0.05, 0) is 35.9 Å². The van der Waals surface area contributed by atoms with Gasteiger partial charge in [0.25, 0.3) is 0 Å². The van der Waals surface area contributed by atoms with E-state index in [-0.39, 0.29) is 4.84 Å². The van der Waals surface area contributed by atoms with E-state index in [0.29, 0.717) is 4.58 Å². The Morgan fingerprint density at radius 3 is 1.67 bits per heavy atom. The summed E-state index contributed by atoms with van der Waals surface area (Å²) in [6.45, 7) is 0. The molecule has 0 aromatic carbocycles. The average molecular weight is 323 g/mol. The minimum absolute atomic E-state index is 0.194. The lowest BCUT2D eigenvalue weighted by Gasteiger charge is -2.20. The molecule has 0 radical (unpaired) electrons. The van der Waals surface area contributed by atoms with Crippen LogP contribution in [0.4, 0.5) is 0 Å². The molecule has 2 heterocycles. The van der Waals surface area contributed by atoms with Crippen LogP contribution in [0.15, 0.2) is 0 Å². The lowest BCUT2D eigenvalue weighted by molar-refractivity contribution is 1.09. The molecule has 0 atom stereocenters. The van der Waals surface area contributed by atoms with Crippen LogP contribution < -0.4 is 0 Å². The van der Waals surface area contributed by atoms with Gasteiger partial charge in [-0.25, -0.2) is 0 Å². The molecule has 0 unspecified atom stereocenters. The van der Waals surface area contributed by atoms with Gasteiger partial charge in [-0.2, -0.15) is 23.5 Å². The third-order valence-corrected chi connectivity index (χ3v) is 8.46. The van der Waals surface area contributed by atoms with Crippen LogP contribution in [-0.4, -0.2) is 37.5 Å². The van der Waals surface area contributed by atoms with Gasteiger partial charge in [0, 0.05) is 5.08 Å². The van der Waals surface area contributed by atoms with Crippen LogP contribution in [0.2, 0.25) is 0 Å². The number of halogens is 2. The number of rotatable bonds is 1. The maximum Gasteiger partial charge on any atom is 0.128 e. The standard InChI is InChI=1S/C5H8Cl2S2.C4H8S2/c6-4(7)5-8-2-1-3-9-5;1-2-5-4-6-3-1/h4-5H,1-3H2;1-4H2. The number of hydrogen-bond donors (Lipinski definition) is 0. The average Bonchev–Trinajstić information content (AvgIpc) is 2.33. The smallest absolute Gasteiger partial charge is 0.128 e. The maximum atomic E-state index is 5.68. The zero-order valence-corrected chi connectivity index (χ0v) is 13.3. The van der Waals surface area contributed by atoms with E-state index in [2.05, 4.69) is 23.5 Å². The summed E-state index contributed by atoms with van der Waals surface area (Å²) < 4.78 is 0.419. The molecule has 6 heteroatoms. The normalized spacial score (nSPS) is 23.4. The van der Waals surface area contributed by atoms with Crippen molar-refractivity contribution in [2.45, 2.75) is 22.3 Å². The van der Waals surface area contributed by atoms with E-state index in [1.165, 1.54) is 40.9 Å². The molecule has 0 aliphatic carbocycles. The van der Waals surface area contributed by atoms with Crippen molar-refractivity contribution in [1.29, 1.82) is 0 Å². The Balaban J connectivity index is 0.000000162.